The second kappa shape index (κ2) is 5.06. The van der Waals surface area contributed by atoms with Crippen LogP contribution in [-0.4, -0.2) is 28.2 Å². The molecule has 0 radical (unpaired) electrons. The van der Waals surface area contributed by atoms with E-state index in [9.17, 15) is 0 Å². The Bertz CT molecular complexity index is 518. The summed E-state index contributed by atoms with van der Waals surface area (Å²) in [4.78, 5) is 4.81. The van der Waals surface area contributed by atoms with Gasteiger partial charge in [-0.15, -0.1) is 0 Å². The van der Waals surface area contributed by atoms with E-state index in [4.69, 9.17) is 22.7 Å². The van der Waals surface area contributed by atoms with Gasteiger partial charge >= 0.3 is 0 Å². The molecule has 0 amide bonds. The Balaban J connectivity index is 2.42. The van der Waals surface area contributed by atoms with Crippen LogP contribution in [0.15, 0.2) is 6.07 Å². The topological polar surface area (TPSA) is 60.2 Å². The number of nitrogens with two attached hydrogens (primary N) is 1. The minimum Gasteiger partial charge on any atom is -0.389 e. The second-order valence-electron chi connectivity index (χ2n) is 5.44. The van der Waals surface area contributed by atoms with Crippen molar-refractivity contribution in [3.05, 3.63) is 23.0 Å². The summed E-state index contributed by atoms with van der Waals surface area (Å²) < 4.78 is 5.66. The summed E-state index contributed by atoms with van der Waals surface area (Å²) in [6.45, 7) is 8.93. The number of rotatable bonds is 3. The Kier molecular flexibility index (Phi) is 3.78. The van der Waals surface area contributed by atoms with Gasteiger partial charge in [-0.25, -0.2) is 0 Å². The first-order valence-corrected chi connectivity index (χ1v) is 6.92. The molecule has 1 aliphatic heterocycles. The van der Waals surface area contributed by atoms with E-state index < -0.39 is 0 Å². The molecule has 3 N–H and O–H groups in total. The van der Waals surface area contributed by atoms with Crippen LogP contribution in [0.2, 0.25) is 0 Å². The molecule has 1 fully saturated rings. The number of thiocarbonyl (C=S) groups is 1. The van der Waals surface area contributed by atoms with Crippen molar-refractivity contribution < 1.29 is 4.74 Å². The van der Waals surface area contributed by atoms with Gasteiger partial charge in [-0.1, -0.05) is 12.2 Å². The molecule has 2 rings (SSSR count). The van der Waals surface area contributed by atoms with Crippen molar-refractivity contribution in [2.75, 3.05) is 11.9 Å². The van der Waals surface area contributed by atoms with E-state index >= 15 is 0 Å². The Morgan fingerprint density at radius 2 is 2.26 bits per heavy atom. The van der Waals surface area contributed by atoms with Crippen LogP contribution in [0.4, 0.5) is 5.69 Å². The first-order chi connectivity index (χ1) is 8.83. The van der Waals surface area contributed by atoms with Gasteiger partial charge in [-0.2, -0.15) is 0 Å². The summed E-state index contributed by atoms with van der Waals surface area (Å²) in [5, 5.41) is 3.57. The maximum Gasteiger partial charge on any atom is 0.107 e. The van der Waals surface area contributed by atoms with Gasteiger partial charge in [0.15, 0.2) is 0 Å². The molecule has 0 spiro atoms. The smallest absolute Gasteiger partial charge is 0.107 e. The number of nitrogens with one attached hydrogen (secondary N) is 1. The third kappa shape index (κ3) is 2.72. The Hall–Kier alpha value is -1.20. The number of aromatic nitrogens is 1. The van der Waals surface area contributed by atoms with E-state index in [1.165, 1.54) is 0 Å². The summed E-state index contributed by atoms with van der Waals surface area (Å²) in [6, 6.07) is 2.00. The largest absolute Gasteiger partial charge is 0.389 e. The third-order valence-electron chi connectivity index (χ3n) is 3.88. The lowest BCUT2D eigenvalue weighted by molar-refractivity contribution is 0.105. The summed E-state index contributed by atoms with van der Waals surface area (Å²) in [5.74, 6) is 0. The van der Waals surface area contributed by atoms with E-state index in [2.05, 4.69) is 24.1 Å². The number of pyridine rings is 1. The monoisotopic (exact) mass is 279 g/mol. The standard InChI is InChI=1S/C14H21N3OS/c1-8-7-11(12(13(15)19)9(2)16-8)17-14(4)5-6-18-10(14)3/h7,10H,5-6H2,1-4H3,(H2,15,19)(H,16,17). The lowest BCUT2D eigenvalue weighted by atomic mass is 9.93. The molecular formula is C14H21N3OS. The molecule has 0 aromatic carbocycles. The van der Waals surface area contributed by atoms with E-state index in [0.29, 0.717) is 4.99 Å². The lowest BCUT2D eigenvalue weighted by Gasteiger charge is -2.31. The van der Waals surface area contributed by atoms with Gasteiger partial charge in [0.2, 0.25) is 0 Å². The van der Waals surface area contributed by atoms with Gasteiger partial charge in [0, 0.05) is 23.7 Å². The van der Waals surface area contributed by atoms with Crippen LogP contribution in [0.3, 0.4) is 0 Å². The average molecular weight is 279 g/mol. The van der Waals surface area contributed by atoms with Crippen LogP contribution in [0.1, 0.15) is 37.2 Å². The zero-order chi connectivity index (χ0) is 14.2. The van der Waals surface area contributed by atoms with E-state index in [0.717, 1.165) is 35.7 Å². The van der Waals surface area contributed by atoms with Crippen molar-refractivity contribution in [2.45, 2.75) is 45.8 Å². The summed E-state index contributed by atoms with van der Waals surface area (Å²) in [5.41, 5.74) is 9.35. The van der Waals surface area contributed by atoms with E-state index in [1.807, 2.05) is 19.9 Å². The van der Waals surface area contributed by atoms with Gasteiger partial charge in [-0.05, 0) is 40.2 Å². The molecule has 0 aliphatic carbocycles. The Morgan fingerprint density at radius 3 is 2.79 bits per heavy atom. The Labute approximate surface area is 119 Å². The summed E-state index contributed by atoms with van der Waals surface area (Å²) in [6.07, 6.45) is 1.12. The maximum absolute atomic E-state index is 5.84. The van der Waals surface area contributed by atoms with Gasteiger partial charge in [0.05, 0.1) is 17.2 Å². The van der Waals surface area contributed by atoms with Crippen LogP contribution in [0.25, 0.3) is 0 Å². The highest BCUT2D eigenvalue weighted by molar-refractivity contribution is 7.80. The number of anilines is 1. The molecule has 2 atom stereocenters. The van der Waals surface area contributed by atoms with E-state index in [-0.39, 0.29) is 11.6 Å². The molecule has 1 aromatic heterocycles. The van der Waals surface area contributed by atoms with E-state index in [1.54, 1.807) is 0 Å². The summed E-state index contributed by atoms with van der Waals surface area (Å²) in [7, 11) is 0. The zero-order valence-corrected chi connectivity index (χ0v) is 12.7. The highest BCUT2D eigenvalue weighted by atomic mass is 32.1. The molecule has 5 heteroatoms. The molecule has 4 nitrogen and oxygen atoms in total. The quantitative estimate of drug-likeness (QED) is 0.832. The van der Waals surface area contributed by atoms with Crippen LogP contribution in [-0.2, 0) is 4.74 Å². The van der Waals surface area contributed by atoms with Crippen molar-refractivity contribution in [1.82, 2.24) is 4.98 Å². The minimum absolute atomic E-state index is 0.0975. The van der Waals surface area contributed by atoms with Gasteiger partial charge in [0.25, 0.3) is 0 Å². The lowest BCUT2D eigenvalue weighted by Crippen LogP contribution is -2.42. The van der Waals surface area contributed by atoms with Gasteiger partial charge in [-0.3, -0.25) is 4.98 Å². The van der Waals surface area contributed by atoms with Crippen LogP contribution in [0.5, 0.6) is 0 Å². The molecular weight excluding hydrogens is 258 g/mol. The first kappa shape index (κ1) is 14.2. The fraction of sp³-hybridized carbons (Fsp3) is 0.571. The minimum atomic E-state index is -0.0975. The predicted octanol–water partition coefficient (Wildman–Crippen LogP) is 2.31. The molecule has 0 saturated carbocycles. The van der Waals surface area contributed by atoms with Crippen molar-refractivity contribution in [3.63, 3.8) is 0 Å². The number of hydrogen-bond acceptors (Lipinski definition) is 4. The zero-order valence-electron chi connectivity index (χ0n) is 11.9. The molecule has 2 heterocycles. The first-order valence-electron chi connectivity index (χ1n) is 6.51. The summed E-state index contributed by atoms with van der Waals surface area (Å²) >= 11 is 5.15. The molecule has 1 aromatic rings. The third-order valence-corrected chi connectivity index (χ3v) is 4.09. The van der Waals surface area contributed by atoms with Gasteiger partial charge in [0.1, 0.15) is 4.99 Å². The van der Waals surface area contributed by atoms with Crippen molar-refractivity contribution >= 4 is 22.9 Å². The second-order valence-corrected chi connectivity index (χ2v) is 5.88. The molecule has 104 valence electrons. The van der Waals surface area contributed by atoms with Crippen molar-refractivity contribution in [1.29, 1.82) is 0 Å². The molecule has 2 unspecified atom stereocenters. The number of aryl methyl sites for hydroxylation is 2. The molecule has 19 heavy (non-hydrogen) atoms. The Morgan fingerprint density at radius 1 is 1.58 bits per heavy atom. The molecule has 1 aliphatic rings. The highest BCUT2D eigenvalue weighted by Gasteiger charge is 2.37. The SMILES string of the molecule is Cc1cc(NC2(C)CCOC2C)c(C(N)=S)c(C)n1. The molecule has 0 bridgehead atoms. The number of ether oxygens (including phenoxy) is 1. The average Bonchev–Trinajstić information content (AvgIpc) is 2.56. The number of nitrogens with zero attached hydrogens (tertiary/aromatic N) is 1. The maximum atomic E-state index is 5.84. The fourth-order valence-corrected chi connectivity index (χ4v) is 2.80. The van der Waals surface area contributed by atoms with Crippen LogP contribution < -0.4 is 11.1 Å². The van der Waals surface area contributed by atoms with Crippen molar-refractivity contribution in [3.8, 4) is 0 Å². The number of hydrogen-bond donors (Lipinski definition) is 2. The highest BCUT2D eigenvalue weighted by Crippen LogP contribution is 2.31. The molecule has 1 saturated heterocycles. The van der Waals surface area contributed by atoms with Crippen LogP contribution in [0, 0.1) is 13.8 Å². The predicted molar refractivity (Wildman–Crippen MR) is 81.7 cm³/mol. The normalized spacial score (nSPS) is 26.4. The fourth-order valence-electron chi connectivity index (χ4n) is 2.54. The van der Waals surface area contributed by atoms with Crippen molar-refractivity contribution in [2.24, 2.45) is 5.73 Å². The van der Waals surface area contributed by atoms with Crippen LogP contribution >= 0.6 is 12.2 Å². The van der Waals surface area contributed by atoms with Gasteiger partial charge < -0.3 is 15.8 Å².